The molecule has 2 N–H and O–H groups in total. The topological polar surface area (TPSA) is 61.4 Å². The molecule has 0 saturated carbocycles. The average molecular weight is 343 g/mol. The first-order valence-corrected chi connectivity index (χ1v) is 7.82. The fourth-order valence-corrected chi connectivity index (χ4v) is 2.59. The summed E-state index contributed by atoms with van der Waals surface area (Å²) in [5, 5.41) is 4.36. The van der Waals surface area contributed by atoms with Crippen molar-refractivity contribution < 1.29 is 22.8 Å². The van der Waals surface area contributed by atoms with Gasteiger partial charge in [-0.05, 0) is 18.4 Å². The molecular formula is C16H20F3N3O2. The van der Waals surface area contributed by atoms with Crippen LogP contribution in [0.5, 0.6) is 0 Å². The number of carbonyl (C=O) groups excluding carboxylic acids is 2. The summed E-state index contributed by atoms with van der Waals surface area (Å²) in [6.45, 7) is 1.41. The van der Waals surface area contributed by atoms with Gasteiger partial charge >= 0.3 is 12.2 Å². The van der Waals surface area contributed by atoms with Gasteiger partial charge in [-0.2, -0.15) is 13.2 Å². The van der Waals surface area contributed by atoms with Gasteiger partial charge in [0.25, 0.3) is 0 Å². The van der Waals surface area contributed by atoms with Gasteiger partial charge < -0.3 is 15.5 Å². The number of carbonyl (C=O) groups is 2. The highest BCUT2D eigenvalue weighted by Gasteiger charge is 2.41. The SMILES string of the molecule is O=C(NCCCN1CCCC1=O)NC(c1ccccc1)C(F)(F)F. The minimum Gasteiger partial charge on any atom is -0.343 e. The van der Waals surface area contributed by atoms with Crippen LogP contribution in [0.1, 0.15) is 30.9 Å². The molecular weight excluding hydrogens is 323 g/mol. The van der Waals surface area contributed by atoms with Crippen molar-refractivity contribution in [3.63, 3.8) is 0 Å². The molecule has 24 heavy (non-hydrogen) atoms. The maximum atomic E-state index is 13.1. The Bertz CT molecular complexity index is 563. The van der Waals surface area contributed by atoms with E-state index in [1.165, 1.54) is 24.3 Å². The van der Waals surface area contributed by atoms with Gasteiger partial charge in [0.05, 0.1) is 0 Å². The van der Waals surface area contributed by atoms with Crippen molar-refractivity contribution in [3.05, 3.63) is 35.9 Å². The van der Waals surface area contributed by atoms with Crippen molar-refractivity contribution >= 4 is 11.9 Å². The smallest absolute Gasteiger partial charge is 0.343 e. The van der Waals surface area contributed by atoms with Gasteiger partial charge in [-0.15, -0.1) is 0 Å². The average Bonchev–Trinajstić information content (AvgIpc) is 2.94. The van der Waals surface area contributed by atoms with Crippen LogP contribution in [0.4, 0.5) is 18.0 Å². The Hall–Kier alpha value is -2.25. The quantitative estimate of drug-likeness (QED) is 0.780. The number of hydrogen-bond donors (Lipinski definition) is 2. The van der Waals surface area contributed by atoms with E-state index in [9.17, 15) is 22.8 Å². The second-order valence-electron chi connectivity index (χ2n) is 5.62. The van der Waals surface area contributed by atoms with Crippen LogP contribution in [-0.2, 0) is 4.79 Å². The third kappa shape index (κ3) is 5.14. The van der Waals surface area contributed by atoms with E-state index in [1.54, 1.807) is 11.0 Å². The second kappa shape index (κ2) is 8.03. The van der Waals surface area contributed by atoms with Crippen LogP contribution < -0.4 is 10.6 Å². The van der Waals surface area contributed by atoms with Gasteiger partial charge in [0.1, 0.15) is 0 Å². The first kappa shape index (κ1) is 18.1. The Morgan fingerprint density at radius 3 is 2.54 bits per heavy atom. The van der Waals surface area contributed by atoms with Gasteiger partial charge in [0, 0.05) is 26.1 Å². The fourth-order valence-electron chi connectivity index (χ4n) is 2.59. The summed E-state index contributed by atoms with van der Waals surface area (Å²) in [5.74, 6) is 0.0839. The van der Waals surface area contributed by atoms with Crippen LogP contribution in [0.25, 0.3) is 0 Å². The van der Waals surface area contributed by atoms with Crippen LogP contribution in [0, 0.1) is 0 Å². The lowest BCUT2D eigenvalue weighted by Crippen LogP contribution is -2.44. The zero-order chi connectivity index (χ0) is 17.6. The van der Waals surface area contributed by atoms with E-state index in [-0.39, 0.29) is 18.0 Å². The Labute approximate surface area is 138 Å². The highest BCUT2D eigenvalue weighted by molar-refractivity contribution is 5.78. The Morgan fingerprint density at radius 1 is 1.25 bits per heavy atom. The Kier molecular flexibility index (Phi) is 6.05. The number of amides is 3. The summed E-state index contributed by atoms with van der Waals surface area (Å²) in [6, 6.07) is 4.28. The predicted octanol–water partition coefficient (Wildman–Crippen LogP) is 2.60. The number of hydrogen-bond acceptors (Lipinski definition) is 2. The summed E-state index contributed by atoms with van der Waals surface area (Å²) in [4.78, 5) is 24.8. The molecule has 1 aliphatic heterocycles. The highest BCUT2D eigenvalue weighted by Crippen LogP contribution is 2.32. The number of urea groups is 1. The van der Waals surface area contributed by atoms with Crippen LogP contribution in [-0.4, -0.2) is 42.6 Å². The Balaban J connectivity index is 1.79. The van der Waals surface area contributed by atoms with E-state index in [0.717, 1.165) is 6.42 Å². The molecule has 1 unspecified atom stereocenters. The molecule has 1 aliphatic rings. The van der Waals surface area contributed by atoms with Crippen LogP contribution in [0.2, 0.25) is 0 Å². The maximum absolute atomic E-state index is 13.1. The van der Waals surface area contributed by atoms with Crippen LogP contribution in [0.15, 0.2) is 30.3 Å². The van der Waals surface area contributed by atoms with Gasteiger partial charge in [0.15, 0.2) is 6.04 Å². The number of halogens is 3. The van der Waals surface area contributed by atoms with E-state index >= 15 is 0 Å². The minimum atomic E-state index is -4.58. The molecule has 0 radical (unpaired) electrons. The molecule has 8 heteroatoms. The van der Waals surface area contributed by atoms with Crippen molar-refractivity contribution in [2.75, 3.05) is 19.6 Å². The third-order valence-corrected chi connectivity index (χ3v) is 3.80. The summed E-state index contributed by atoms with van der Waals surface area (Å²) < 4.78 is 39.3. The van der Waals surface area contributed by atoms with E-state index in [1.807, 2.05) is 5.32 Å². The monoisotopic (exact) mass is 343 g/mol. The van der Waals surface area contributed by atoms with Crippen molar-refractivity contribution in [3.8, 4) is 0 Å². The van der Waals surface area contributed by atoms with E-state index in [4.69, 9.17) is 0 Å². The lowest BCUT2D eigenvalue weighted by atomic mass is 10.1. The van der Waals surface area contributed by atoms with Crippen molar-refractivity contribution in [1.29, 1.82) is 0 Å². The lowest BCUT2D eigenvalue weighted by molar-refractivity contribution is -0.155. The summed E-state index contributed by atoms with van der Waals surface area (Å²) in [6.07, 6.45) is -2.71. The summed E-state index contributed by atoms with van der Waals surface area (Å²) in [5.41, 5.74) is -0.0252. The number of nitrogens with zero attached hydrogens (tertiary/aromatic N) is 1. The van der Waals surface area contributed by atoms with Gasteiger partial charge in [0.2, 0.25) is 5.91 Å². The van der Waals surface area contributed by atoms with Gasteiger partial charge in [-0.1, -0.05) is 30.3 Å². The number of alkyl halides is 3. The first-order valence-electron chi connectivity index (χ1n) is 7.82. The molecule has 1 heterocycles. The molecule has 0 aliphatic carbocycles. The lowest BCUT2D eigenvalue weighted by Gasteiger charge is -2.22. The van der Waals surface area contributed by atoms with E-state index in [2.05, 4.69) is 5.32 Å². The zero-order valence-electron chi connectivity index (χ0n) is 13.1. The molecule has 132 valence electrons. The largest absolute Gasteiger partial charge is 0.412 e. The van der Waals surface area contributed by atoms with Crippen molar-refractivity contribution in [2.24, 2.45) is 0 Å². The summed E-state index contributed by atoms with van der Waals surface area (Å²) in [7, 11) is 0. The molecule has 5 nitrogen and oxygen atoms in total. The normalized spacial score (nSPS) is 16.1. The van der Waals surface area contributed by atoms with Crippen molar-refractivity contribution in [1.82, 2.24) is 15.5 Å². The molecule has 0 bridgehead atoms. The maximum Gasteiger partial charge on any atom is 0.412 e. The first-order chi connectivity index (χ1) is 11.4. The molecule has 1 fully saturated rings. The zero-order valence-corrected chi connectivity index (χ0v) is 13.1. The number of benzene rings is 1. The third-order valence-electron chi connectivity index (χ3n) is 3.80. The van der Waals surface area contributed by atoms with E-state index in [0.29, 0.717) is 25.9 Å². The van der Waals surface area contributed by atoms with E-state index < -0.39 is 18.2 Å². The second-order valence-corrected chi connectivity index (χ2v) is 5.62. The number of rotatable bonds is 6. The molecule has 2 rings (SSSR count). The standard InChI is InChI=1S/C16H20F3N3O2/c17-16(18,19)14(12-6-2-1-3-7-12)21-15(24)20-9-5-11-22-10-4-8-13(22)23/h1-3,6-7,14H,4-5,8-11H2,(H2,20,21,24). The minimum absolute atomic E-state index is 0.0252. The molecule has 1 aromatic carbocycles. The fraction of sp³-hybridized carbons (Fsp3) is 0.500. The number of likely N-dealkylation sites (tertiary alicyclic amines) is 1. The molecule has 0 aromatic heterocycles. The molecule has 1 aromatic rings. The van der Waals surface area contributed by atoms with Crippen molar-refractivity contribution in [2.45, 2.75) is 31.5 Å². The molecule has 1 saturated heterocycles. The molecule has 1 atom stereocenters. The van der Waals surface area contributed by atoms with Crippen LogP contribution in [0.3, 0.4) is 0 Å². The molecule has 0 spiro atoms. The van der Waals surface area contributed by atoms with Gasteiger partial charge in [-0.3, -0.25) is 4.79 Å². The highest BCUT2D eigenvalue weighted by atomic mass is 19.4. The predicted molar refractivity (Wildman–Crippen MR) is 82.2 cm³/mol. The summed E-state index contributed by atoms with van der Waals surface area (Å²) >= 11 is 0. The number of nitrogens with one attached hydrogen (secondary N) is 2. The Morgan fingerprint density at radius 2 is 1.96 bits per heavy atom. The van der Waals surface area contributed by atoms with Crippen LogP contribution >= 0.6 is 0 Å². The molecule has 3 amide bonds. The van der Waals surface area contributed by atoms with Gasteiger partial charge in [-0.25, -0.2) is 4.79 Å².